The Morgan fingerprint density at radius 1 is 1.50 bits per heavy atom. The standard InChI is InChI=1S/C11H15NO3S/c1-4-16(14,15)11(2)7-9(13)10-8(11)5-6-12(10)3/h5-6H,4,7H2,1-3H3. The summed E-state index contributed by atoms with van der Waals surface area (Å²) in [6.07, 6.45) is 1.81. The van der Waals surface area contributed by atoms with Gasteiger partial charge in [-0.2, -0.15) is 0 Å². The first kappa shape index (κ1) is 11.4. The van der Waals surface area contributed by atoms with Gasteiger partial charge in [0.05, 0.1) is 5.69 Å². The van der Waals surface area contributed by atoms with Crippen molar-refractivity contribution in [1.29, 1.82) is 0 Å². The largest absolute Gasteiger partial charge is 0.348 e. The summed E-state index contributed by atoms with van der Waals surface area (Å²) in [6, 6.07) is 1.74. The molecule has 0 amide bonds. The molecule has 2 rings (SSSR count). The first-order chi connectivity index (χ1) is 7.33. The van der Waals surface area contributed by atoms with Crippen LogP contribution in [0.25, 0.3) is 0 Å². The minimum Gasteiger partial charge on any atom is -0.348 e. The van der Waals surface area contributed by atoms with Crippen LogP contribution in [0.3, 0.4) is 0 Å². The van der Waals surface area contributed by atoms with Crippen molar-refractivity contribution in [3.05, 3.63) is 23.5 Å². The van der Waals surface area contributed by atoms with Gasteiger partial charge in [-0.1, -0.05) is 6.92 Å². The predicted octanol–water partition coefficient (Wildman–Crippen LogP) is 1.26. The fraction of sp³-hybridized carbons (Fsp3) is 0.545. The third-order valence-electron chi connectivity index (χ3n) is 3.47. The van der Waals surface area contributed by atoms with E-state index in [9.17, 15) is 13.2 Å². The molecule has 0 fully saturated rings. The lowest BCUT2D eigenvalue weighted by Crippen LogP contribution is -2.31. The van der Waals surface area contributed by atoms with E-state index in [-0.39, 0.29) is 18.0 Å². The summed E-state index contributed by atoms with van der Waals surface area (Å²) < 4.78 is 24.8. The molecular weight excluding hydrogens is 226 g/mol. The van der Waals surface area contributed by atoms with Crippen molar-refractivity contribution < 1.29 is 13.2 Å². The second kappa shape index (κ2) is 3.20. The SMILES string of the molecule is CCS(=O)(=O)C1(C)CC(=O)c2c1ccn2C. The maximum atomic E-state index is 12.1. The topological polar surface area (TPSA) is 56.1 Å². The lowest BCUT2D eigenvalue weighted by molar-refractivity contribution is 0.0978. The molecule has 0 radical (unpaired) electrons. The van der Waals surface area contributed by atoms with Crippen molar-refractivity contribution >= 4 is 15.6 Å². The maximum Gasteiger partial charge on any atom is 0.181 e. The number of sulfone groups is 1. The van der Waals surface area contributed by atoms with E-state index in [1.165, 1.54) is 0 Å². The first-order valence-corrected chi connectivity index (χ1v) is 6.90. The van der Waals surface area contributed by atoms with Crippen LogP contribution < -0.4 is 0 Å². The normalized spacial score (nSPS) is 24.8. The smallest absolute Gasteiger partial charge is 0.181 e. The van der Waals surface area contributed by atoms with Crippen molar-refractivity contribution in [3.63, 3.8) is 0 Å². The summed E-state index contributed by atoms with van der Waals surface area (Å²) in [6.45, 7) is 3.27. The van der Waals surface area contributed by atoms with Crippen LogP contribution in [-0.4, -0.2) is 24.5 Å². The van der Waals surface area contributed by atoms with E-state index in [0.29, 0.717) is 11.3 Å². The van der Waals surface area contributed by atoms with Gasteiger partial charge in [0.2, 0.25) is 0 Å². The highest BCUT2D eigenvalue weighted by Crippen LogP contribution is 2.43. The molecule has 1 aliphatic carbocycles. The second-order valence-corrected chi connectivity index (χ2v) is 7.13. The number of Topliss-reactive ketones (excluding diaryl/α,β-unsaturated/α-hetero) is 1. The van der Waals surface area contributed by atoms with Gasteiger partial charge < -0.3 is 4.57 Å². The lowest BCUT2D eigenvalue weighted by Gasteiger charge is -2.22. The van der Waals surface area contributed by atoms with E-state index >= 15 is 0 Å². The summed E-state index contributed by atoms with van der Waals surface area (Å²) in [5.74, 6) is -0.0208. The van der Waals surface area contributed by atoms with Crippen LogP contribution in [0.5, 0.6) is 0 Å². The summed E-state index contributed by atoms with van der Waals surface area (Å²) in [5, 5.41) is 0. The molecule has 1 aliphatic rings. The van der Waals surface area contributed by atoms with Crippen LogP contribution in [0.1, 0.15) is 36.3 Å². The van der Waals surface area contributed by atoms with Crippen molar-refractivity contribution in [2.75, 3.05) is 5.75 Å². The number of aryl methyl sites for hydroxylation is 1. The molecule has 5 heteroatoms. The van der Waals surface area contributed by atoms with Crippen LogP contribution >= 0.6 is 0 Å². The quantitative estimate of drug-likeness (QED) is 0.783. The lowest BCUT2D eigenvalue weighted by atomic mass is 10.1. The number of nitrogens with zero attached hydrogens (tertiary/aromatic N) is 1. The van der Waals surface area contributed by atoms with Gasteiger partial charge in [0.15, 0.2) is 15.6 Å². The Bertz CT molecular complexity index is 556. The molecule has 0 N–H and O–H groups in total. The van der Waals surface area contributed by atoms with E-state index in [1.807, 2.05) is 0 Å². The number of rotatable bonds is 2. The number of ketones is 1. The number of fused-ring (bicyclic) bond motifs is 1. The number of hydrogen-bond acceptors (Lipinski definition) is 3. The monoisotopic (exact) mass is 241 g/mol. The summed E-state index contributed by atoms with van der Waals surface area (Å²) in [7, 11) is -1.50. The van der Waals surface area contributed by atoms with Crippen LogP contribution in [0.4, 0.5) is 0 Å². The molecule has 16 heavy (non-hydrogen) atoms. The van der Waals surface area contributed by atoms with Crippen LogP contribution in [0, 0.1) is 0 Å². The van der Waals surface area contributed by atoms with Gasteiger partial charge in [-0.15, -0.1) is 0 Å². The van der Waals surface area contributed by atoms with Crippen molar-refractivity contribution in [3.8, 4) is 0 Å². The minimum atomic E-state index is -3.26. The zero-order valence-corrected chi connectivity index (χ0v) is 10.5. The van der Waals surface area contributed by atoms with Crippen LogP contribution in [0.2, 0.25) is 0 Å². The Morgan fingerprint density at radius 3 is 2.69 bits per heavy atom. The Kier molecular flexibility index (Phi) is 2.28. The van der Waals surface area contributed by atoms with Crippen molar-refractivity contribution in [2.45, 2.75) is 25.0 Å². The predicted molar refractivity (Wildman–Crippen MR) is 61.2 cm³/mol. The van der Waals surface area contributed by atoms with E-state index in [1.54, 1.807) is 37.7 Å². The summed E-state index contributed by atoms with van der Waals surface area (Å²) in [5.41, 5.74) is 1.20. The van der Waals surface area contributed by atoms with E-state index in [0.717, 1.165) is 0 Å². The number of carbonyl (C=O) groups excluding carboxylic acids is 1. The van der Waals surface area contributed by atoms with Gasteiger partial charge in [-0.3, -0.25) is 4.79 Å². The van der Waals surface area contributed by atoms with Gasteiger partial charge in [0.1, 0.15) is 4.75 Å². The molecule has 0 aliphatic heterocycles. The first-order valence-electron chi connectivity index (χ1n) is 5.25. The molecule has 0 saturated carbocycles. The molecule has 1 heterocycles. The molecule has 1 aromatic heterocycles. The summed E-state index contributed by atoms with van der Waals surface area (Å²) in [4.78, 5) is 11.8. The van der Waals surface area contributed by atoms with Crippen LogP contribution in [0.15, 0.2) is 12.3 Å². The molecule has 4 nitrogen and oxygen atoms in total. The fourth-order valence-electron chi connectivity index (χ4n) is 2.38. The Labute approximate surface area is 95.2 Å². The molecule has 0 bridgehead atoms. The molecule has 0 aromatic carbocycles. The van der Waals surface area contributed by atoms with Gasteiger partial charge in [0, 0.05) is 31.0 Å². The van der Waals surface area contributed by atoms with E-state index in [2.05, 4.69) is 0 Å². The third kappa shape index (κ3) is 1.21. The third-order valence-corrected chi connectivity index (χ3v) is 5.97. The molecule has 1 atom stereocenters. The highest BCUT2D eigenvalue weighted by Gasteiger charge is 2.49. The van der Waals surface area contributed by atoms with Crippen LogP contribution in [-0.2, 0) is 21.6 Å². The van der Waals surface area contributed by atoms with Gasteiger partial charge in [0.25, 0.3) is 0 Å². The van der Waals surface area contributed by atoms with Gasteiger partial charge in [-0.05, 0) is 13.0 Å². The Morgan fingerprint density at radius 2 is 2.12 bits per heavy atom. The van der Waals surface area contributed by atoms with Crippen molar-refractivity contribution in [1.82, 2.24) is 4.57 Å². The Hall–Kier alpha value is -1.10. The molecule has 88 valence electrons. The zero-order chi connectivity index (χ0) is 12.1. The number of carbonyl (C=O) groups is 1. The second-order valence-electron chi connectivity index (χ2n) is 4.42. The number of hydrogen-bond donors (Lipinski definition) is 0. The summed E-state index contributed by atoms with van der Waals surface area (Å²) >= 11 is 0. The number of aromatic nitrogens is 1. The molecule has 1 aromatic rings. The fourth-order valence-corrected chi connectivity index (χ4v) is 3.87. The highest BCUT2D eigenvalue weighted by molar-refractivity contribution is 7.92. The zero-order valence-electron chi connectivity index (χ0n) is 9.65. The Balaban J connectivity index is 2.69. The van der Waals surface area contributed by atoms with E-state index < -0.39 is 14.6 Å². The maximum absolute atomic E-state index is 12.1. The van der Waals surface area contributed by atoms with Crippen molar-refractivity contribution in [2.24, 2.45) is 7.05 Å². The van der Waals surface area contributed by atoms with Gasteiger partial charge >= 0.3 is 0 Å². The molecule has 1 unspecified atom stereocenters. The highest BCUT2D eigenvalue weighted by atomic mass is 32.2. The molecule has 0 spiro atoms. The van der Waals surface area contributed by atoms with Gasteiger partial charge in [-0.25, -0.2) is 8.42 Å². The average Bonchev–Trinajstić information content (AvgIpc) is 2.70. The van der Waals surface area contributed by atoms with E-state index in [4.69, 9.17) is 0 Å². The average molecular weight is 241 g/mol. The molecule has 0 saturated heterocycles. The molecular formula is C11H15NO3S. The minimum absolute atomic E-state index is 0.0606.